The van der Waals surface area contributed by atoms with Crippen molar-refractivity contribution in [3.05, 3.63) is 90.3 Å². The van der Waals surface area contributed by atoms with Crippen molar-refractivity contribution in [2.24, 2.45) is 40.5 Å². The Morgan fingerprint density at radius 3 is 1.11 bits per heavy atom. The lowest BCUT2D eigenvalue weighted by Gasteiger charge is -2.30. The smallest absolute Gasteiger partial charge is 0.326 e. The molecule has 0 aliphatic heterocycles. The molecule has 3 heterocycles. The number of guanidine groups is 3. The van der Waals surface area contributed by atoms with E-state index in [2.05, 4.69) is 116 Å². The number of carbonyl (C=O) groups is 18. The van der Waals surface area contributed by atoms with Gasteiger partial charge in [0.2, 0.25) is 94.5 Å². The Kier molecular flexibility index (Phi) is 47.0. The van der Waals surface area contributed by atoms with Gasteiger partial charge in [0, 0.05) is 91.4 Å². The summed E-state index contributed by atoms with van der Waals surface area (Å²) in [5, 5.41) is 139. The zero-order chi connectivity index (χ0) is 104. The number of primary amides is 1. The Balaban J connectivity index is 1.40. The maximum atomic E-state index is 15.2. The summed E-state index contributed by atoms with van der Waals surface area (Å²) < 4.78 is 0. The first kappa shape index (κ1) is 115. The molecule has 41 N–H and O–H groups in total. The summed E-state index contributed by atoms with van der Waals surface area (Å²) in [6, 6.07) is -14.7. The van der Waals surface area contributed by atoms with E-state index < -0.39 is 285 Å². The van der Waals surface area contributed by atoms with E-state index in [1.165, 1.54) is 46.4 Å². The van der Waals surface area contributed by atoms with Crippen molar-refractivity contribution < 1.29 is 122 Å². The molecule has 0 radical (unpaired) electrons. The molecule has 55 heteroatoms. The number of rotatable bonds is 61. The summed E-state index contributed by atoms with van der Waals surface area (Å²) in [5.41, 5.74) is 29.7. The van der Waals surface area contributed by atoms with Gasteiger partial charge in [0.1, 0.15) is 96.7 Å². The number of aliphatic hydroxyl groups excluding tert-OH is 5. The normalized spacial score (nSPS) is 15.1. The number of aromatic nitrogens is 4. The fourth-order valence-electron chi connectivity index (χ4n) is 14.1. The van der Waals surface area contributed by atoms with Crippen molar-refractivity contribution in [2.75, 3.05) is 39.5 Å². The fraction of sp³-hybridized carbons (Fsp3) is 0.529. The largest absolute Gasteiger partial charge is 0.481 e. The molecule has 3 aromatic heterocycles. The number of nitrogens with one attached hydrogen (secondary N) is 24. The summed E-state index contributed by atoms with van der Waals surface area (Å²) in [4.78, 5) is 264. The van der Waals surface area contributed by atoms with Gasteiger partial charge in [0.25, 0.3) is 0 Å². The van der Waals surface area contributed by atoms with E-state index in [1.54, 1.807) is 54.7 Å². The first-order chi connectivity index (χ1) is 66.1. The number of H-pyrrole nitrogens is 3. The van der Waals surface area contributed by atoms with Crippen LogP contribution in [0.5, 0.6) is 0 Å². The molecule has 5 rings (SSSR count). The van der Waals surface area contributed by atoms with Gasteiger partial charge in [-0.15, -0.1) is 0 Å². The SMILES string of the molecule is CC(C)[C@H](NC(=O)[C@H](Cc1c[nH]c2ccccc12)NC(=O)[C@H](CO)NC(=O)[C@@H](N)CO)C(=O)N[C@H](C(=O)N[C@@H](CCC(N)=O)C(=O)N[C@@H](CC(=O)O)C(=O)N[C@@H](Cc1c[nH]c2ccccc12)C(=O)N[C@@H](CCCNC(=N)N)C(=O)N[C@@H](CCCNC(=N)N)C(=O)N[C@@H](C)C(=O)N[C@H](C(=O)N[C@H](C(=O)N[C@@H](Cc1cnc[nH]1)C(=O)N[C@@H](CO)C(=O)N[C@@H](CCCNC(=N)N)C(=O)O)C(C)C)[C@@H](C)O)[C@@H](C)O. The van der Waals surface area contributed by atoms with Gasteiger partial charge in [-0.05, 0) is 101 Å². The minimum absolute atomic E-state index is 0.0664. The zero-order valence-electron chi connectivity index (χ0n) is 78.0. The van der Waals surface area contributed by atoms with Crippen LogP contribution in [0.2, 0.25) is 0 Å². The maximum absolute atomic E-state index is 15.2. The van der Waals surface area contributed by atoms with Crippen LogP contribution in [0.15, 0.2) is 73.4 Å². The monoisotopic (exact) mass is 1970 g/mol. The molecule has 16 amide bonds. The van der Waals surface area contributed by atoms with E-state index in [1.807, 2.05) is 0 Å². The molecule has 770 valence electrons. The number of benzene rings is 2. The molecular weight excluding hydrogens is 1840 g/mol. The van der Waals surface area contributed by atoms with Crippen molar-refractivity contribution >= 4 is 146 Å². The first-order valence-corrected chi connectivity index (χ1v) is 44.6. The van der Waals surface area contributed by atoms with Crippen molar-refractivity contribution in [1.82, 2.24) is 116 Å². The van der Waals surface area contributed by atoms with Crippen LogP contribution in [-0.4, -0.2) is 328 Å². The van der Waals surface area contributed by atoms with Crippen LogP contribution < -0.4 is 124 Å². The number of carboxylic acids is 2. The fourth-order valence-corrected chi connectivity index (χ4v) is 14.1. The zero-order valence-corrected chi connectivity index (χ0v) is 78.0. The number of nitrogens with zero attached hydrogens (tertiary/aromatic N) is 1. The minimum atomic E-state index is -2.22. The van der Waals surface area contributed by atoms with Crippen LogP contribution in [0.4, 0.5) is 0 Å². The third kappa shape index (κ3) is 37.7. The summed E-state index contributed by atoms with van der Waals surface area (Å²) in [6.45, 7) is 6.07. The minimum Gasteiger partial charge on any atom is -0.481 e. The van der Waals surface area contributed by atoms with Crippen LogP contribution in [0.3, 0.4) is 0 Å². The Morgan fingerprint density at radius 1 is 0.371 bits per heavy atom. The number of imidazole rings is 1. The third-order valence-corrected chi connectivity index (χ3v) is 21.8. The number of carboxylic acid groups (broad SMARTS) is 2. The van der Waals surface area contributed by atoms with Gasteiger partial charge in [-0.2, -0.15) is 0 Å². The number of nitrogens with two attached hydrogens (primary N) is 5. The number of aliphatic carboxylic acids is 2. The predicted molar refractivity (Wildman–Crippen MR) is 499 cm³/mol. The van der Waals surface area contributed by atoms with Gasteiger partial charge < -0.3 is 175 Å². The number of para-hydroxylation sites is 2. The van der Waals surface area contributed by atoms with Gasteiger partial charge in [-0.1, -0.05) is 64.1 Å². The summed E-state index contributed by atoms with van der Waals surface area (Å²) in [7, 11) is 0. The summed E-state index contributed by atoms with van der Waals surface area (Å²) >= 11 is 0. The first-order valence-electron chi connectivity index (χ1n) is 44.6. The van der Waals surface area contributed by atoms with Gasteiger partial charge in [-0.3, -0.25) is 97.7 Å². The lowest BCUT2D eigenvalue weighted by molar-refractivity contribution is -0.143. The number of fused-ring (bicyclic) bond motifs is 2. The quantitative estimate of drug-likeness (QED) is 0.00976. The van der Waals surface area contributed by atoms with Crippen molar-refractivity contribution in [1.29, 1.82) is 16.2 Å². The highest BCUT2D eigenvalue weighted by molar-refractivity contribution is 6.03. The van der Waals surface area contributed by atoms with Gasteiger partial charge in [0.15, 0.2) is 17.9 Å². The molecule has 0 spiro atoms. The number of amides is 16. The maximum Gasteiger partial charge on any atom is 0.326 e. The molecule has 0 fully saturated rings. The standard InChI is InChI=1S/C85H130N30O25/c1-38(2)63(78(135)109-57(29-45-33-94-37-100-45)73(130)111-60(36-118)76(133)105-54(82(139)140)21-14-26-97-85(92)93)113-81(138)66(42(7)120)114-67(124)40(5)101-69(126)51(19-12-24-95-83(88)89)102-70(127)52(20-13-25-96-84(90)91)103-72(129)55(27-43-31-98-49-17-10-8-15-46(43)49)106-74(131)58(30-62(122)123)108-71(128)53(22-23-61(87)121)104-80(137)65(41(6)119)115-79(136)64(39(3)4)112-75(132)56(28-44-32-99-50-18-11-9-16-47(44)50)107-77(134)59(35-117)110-68(125)48(86)34-116/h8-11,15-18,31-33,37-42,48,51-60,63-66,98-99,116-120H,12-14,19-30,34-36,86H2,1-7H3,(H2,87,121)(H,94,100)(H,101,126)(H,102,127)(H,103,129)(H,104,137)(H,105,133)(H,106,131)(H,107,134)(H,108,128)(H,109,135)(H,110,125)(H,111,130)(H,112,132)(H,113,138)(H,114,124)(H,115,136)(H,122,123)(H,139,140)(H4,88,89,95)(H4,90,91,96)(H4,92,93,97)/t40-,41+,42+,48-,51-,52-,53-,54-,55-,56-,57-,58-,59-,60-,63-,64-,65-,66-/m0/s1. The molecule has 0 unspecified atom stereocenters. The van der Waals surface area contributed by atoms with E-state index in [9.17, 15) is 117 Å². The van der Waals surface area contributed by atoms with Gasteiger partial charge in [-0.25, -0.2) is 9.78 Å². The molecule has 5 aromatic rings. The third-order valence-electron chi connectivity index (χ3n) is 21.8. The van der Waals surface area contributed by atoms with Crippen LogP contribution in [0.1, 0.15) is 123 Å². The van der Waals surface area contributed by atoms with E-state index >= 15 is 4.79 Å². The molecule has 2 aromatic carbocycles. The number of aliphatic hydroxyl groups is 5. The molecule has 0 bridgehead atoms. The van der Waals surface area contributed by atoms with Crippen molar-refractivity contribution in [3.8, 4) is 0 Å². The highest BCUT2D eigenvalue weighted by atomic mass is 16.4. The highest BCUT2D eigenvalue weighted by Crippen LogP contribution is 2.23. The molecule has 0 saturated carbocycles. The second kappa shape index (κ2) is 57.1. The lowest BCUT2D eigenvalue weighted by Crippen LogP contribution is -2.63. The molecule has 18 atom stereocenters. The molecule has 0 aliphatic carbocycles. The van der Waals surface area contributed by atoms with E-state index in [4.69, 9.17) is 44.9 Å². The second-order valence-corrected chi connectivity index (χ2v) is 33.7. The number of hydrogen-bond acceptors (Lipinski definition) is 28. The van der Waals surface area contributed by atoms with E-state index in [0.717, 1.165) is 20.8 Å². The Morgan fingerprint density at radius 2 is 0.700 bits per heavy atom. The highest BCUT2D eigenvalue weighted by Gasteiger charge is 2.42. The van der Waals surface area contributed by atoms with Crippen molar-refractivity contribution in [2.45, 2.75) is 234 Å². The number of carbonyl (C=O) groups excluding carboxylic acids is 16. The molecule has 0 saturated heterocycles. The summed E-state index contributed by atoms with van der Waals surface area (Å²) in [6.07, 6.45) is -2.86. The Hall–Kier alpha value is -15.2. The van der Waals surface area contributed by atoms with Crippen LogP contribution in [0.25, 0.3) is 21.8 Å². The van der Waals surface area contributed by atoms with Crippen molar-refractivity contribution in [3.63, 3.8) is 0 Å². The van der Waals surface area contributed by atoms with Crippen LogP contribution in [-0.2, 0) is 106 Å². The molecule has 0 aliphatic rings. The van der Waals surface area contributed by atoms with Crippen LogP contribution >= 0.6 is 0 Å². The Bertz CT molecular complexity index is 5140. The van der Waals surface area contributed by atoms with E-state index in [-0.39, 0.29) is 82.7 Å². The predicted octanol–water partition coefficient (Wildman–Crippen LogP) is -11.3. The number of hydrogen-bond donors (Lipinski definition) is 36. The second-order valence-electron chi connectivity index (χ2n) is 33.7. The molecule has 55 nitrogen and oxygen atoms in total. The topological polar surface area (TPSA) is 927 Å². The van der Waals surface area contributed by atoms with Crippen LogP contribution in [0, 0.1) is 28.1 Å². The Labute approximate surface area is 801 Å². The van der Waals surface area contributed by atoms with Gasteiger partial charge >= 0.3 is 11.9 Å². The average Bonchev–Trinajstić information content (AvgIpc) is 1.63. The van der Waals surface area contributed by atoms with E-state index in [0.29, 0.717) is 32.9 Å². The van der Waals surface area contributed by atoms with Gasteiger partial charge in [0.05, 0.1) is 44.8 Å². The average molecular weight is 1970 g/mol. The molecule has 140 heavy (non-hydrogen) atoms. The lowest BCUT2D eigenvalue weighted by atomic mass is 9.99. The summed E-state index contributed by atoms with van der Waals surface area (Å²) in [5.74, 6) is -24.9. The number of aromatic amines is 3. The molecular formula is C85H130N30O25.